The fourth-order valence-corrected chi connectivity index (χ4v) is 2.95. The molecule has 0 aliphatic heterocycles. The van der Waals surface area contributed by atoms with Crippen LogP contribution in [0.1, 0.15) is 10.6 Å². The second kappa shape index (κ2) is 6.54. The molecule has 1 amide bonds. The summed E-state index contributed by atoms with van der Waals surface area (Å²) in [5.41, 5.74) is 2.33. The van der Waals surface area contributed by atoms with E-state index in [0.29, 0.717) is 27.7 Å². The first-order valence-electron chi connectivity index (χ1n) is 7.37. The minimum absolute atomic E-state index is 0.128. The molecule has 1 aromatic carbocycles. The van der Waals surface area contributed by atoms with Crippen molar-refractivity contribution in [3.05, 3.63) is 63.9 Å². The minimum Gasteiger partial charge on any atom is -0.426 e. The first-order valence-corrected chi connectivity index (χ1v) is 8.54. The lowest BCUT2D eigenvalue weighted by Crippen LogP contribution is -2.10. The van der Waals surface area contributed by atoms with Crippen molar-refractivity contribution >= 4 is 50.3 Å². The summed E-state index contributed by atoms with van der Waals surface area (Å²) in [5.74, 6) is -0.190. The van der Waals surface area contributed by atoms with Crippen molar-refractivity contribution in [3.63, 3.8) is 0 Å². The summed E-state index contributed by atoms with van der Waals surface area (Å²) in [7, 11) is 0. The molecule has 0 unspecified atom stereocenters. The number of pyridine rings is 1. The Morgan fingerprint density at radius 3 is 2.88 bits per heavy atom. The number of aromatic nitrogens is 3. The van der Waals surface area contributed by atoms with Crippen LogP contribution in [-0.4, -0.2) is 20.9 Å². The number of hydrogen-bond donors (Lipinski definition) is 2. The van der Waals surface area contributed by atoms with Crippen LogP contribution in [0.15, 0.2) is 51.5 Å². The second-order valence-corrected chi connectivity index (χ2v) is 6.69. The number of hydrogen-bond acceptors (Lipinski definition) is 4. The smallest absolute Gasteiger partial charge is 0.291 e. The lowest BCUT2D eigenvalue weighted by atomic mass is 10.2. The zero-order valence-corrected chi connectivity index (χ0v) is 15.2. The standard InChI is InChI=1S/C17H9BrClFN4O2/c18-8-5-12-16(21-7-8)24-15(23-12)10-6-9(1-2-11(10)19)22-17(25)13-3-4-14(20)26-13/h1-7H,(H,22,25)(H,21,23,24). The maximum absolute atomic E-state index is 12.9. The number of H-pyrrole nitrogens is 1. The average molecular weight is 436 g/mol. The number of aromatic amines is 1. The monoisotopic (exact) mass is 434 g/mol. The van der Waals surface area contributed by atoms with E-state index in [1.807, 2.05) is 6.07 Å². The Kier molecular flexibility index (Phi) is 4.21. The molecule has 2 N–H and O–H groups in total. The number of carbonyl (C=O) groups is 1. The quantitative estimate of drug-likeness (QED) is 0.473. The predicted octanol–water partition coefficient (Wildman–Crippen LogP) is 5.03. The van der Waals surface area contributed by atoms with Gasteiger partial charge in [0.05, 0.1) is 10.5 Å². The molecule has 0 radical (unpaired) electrons. The van der Waals surface area contributed by atoms with Gasteiger partial charge in [0.1, 0.15) is 5.82 Å². The third kappa shape index (κ3) is 3.21. The number of nitrogens with zero attached hydrogens (tertiary/aromatic N) is 2. The molecule has 3 heterocycles. The van der Waals surface area contributed by atoms with Crippen molar-refractivity contribution in [3.8, 4) is 11.4 Å². The minimum atomic E-state index is -0.826. The Morgan fingerprint density at radius 1 is 1.27 bits per heavy atom. The van der Waals surface area contributed by atoms with Gasteiger partial charge in [0.2, 0.25) is 0 Å². The number of fused-ring (bicyclic) bond motifs is 1. The number of halogens is 3. The van der Waals surface area contributed by atoms with Crippen molar-refractivity contribution < 1.29 is 13.6 Å². The van der Waals surface area contributed by atoms with Gasteiger partial charge in [-0.2, -0.15) is 4.39 Å². The molecule has 0 aliphatic rings. The summed E-state index contributed by atoms with van der Waals surface area (Å²) in [4.78, 5) is 23.9. The van der Waals surface area contributed by atoms with Gasteiger partial charge in [-0.1, -0.05) is 11.6 Å². The number of imidazole rings is 1. The van der Waals surface area contributed by atoms with Gasteiger partial charge in [0.25, 0.3) is 11.9 Å². The van der Waals surface area contributed by atoms with Crippen LogP contribution < -0.4 is 5.32 Å². The molecule has 4 rings (SSSR count). The number of anilines is 1. The molecule has 9 heteroatoms. The summed E-state index contributed by atoms with van der Waals surface area (Å²) >= 11 is 9.63. The van der Waals surface area contributed by atoms with E-state index in [1.54, 1.807) is 24.4 Å². The van der Waals surface area contributed by atoms with E-state index in [4.69, 9.17) is 11.6 Å². The van der Waals surface area contributed by atoms with Gasteiger partial charge < -0.3 is 14.7 Å². The molecule has 130 valence electrons. The molecule has 0 saturated heterocycles. The highest BCUT2D eigenvalue weighted by Crippen LogP contribution is 2.30. The van der Waals surface area contributed by atoms with Crippen LogP contribution in [0.2, 0.25) is 5.02 Å². The summed E-state index contributed by atoms with van der Waals surface area (Å²) in [6.45, 7) is 0. The van der Waals surface area contributed by atoms with Crippen LogP contribution in [0, 0.1) is 6.01 Å². The van der Waals surface area contributed by atoms with Crippen molar-refractivity contribution in [2.75, 3.05) is 5.32 Å². The van der Waals surface area contributed by atoms with E-state index in [2.05, 4.69) is 40.6 Å². The number of furan rings is 1. The van der Waals surface area contributed by atoms with Gasteiger partial charge in [-0.05, 0) is 46.3 Å². The van der Waals surface area contributed by atoms with Crippen LogP contribution in [0.4, 0.5) is 10.1 Å². The topological polar surface area (TPSA) is 83.8 Å². The molecular formula is C17H9BrClFN4O2. The normalized spacial score (nSPS) is 11.0. The van der Waals surface area contributed by atoms with Gasteiger partial charge >= 0.3 is 0 Å². The first-order chi connectivity index (χ1) is 12.5. The molecule has 0 aliphatic carbocycles. The van der Waals surface area contributed by atoms with Crippen molar-refractivity contribution in [1.29, 1.82) is 0 Å². The molecule has 0 fully saturated rings. The Bertz CT molecular complexity index is 1140. The SMILES string of the molecule is O=C(Nc1ccc(Cl)c(-c2nc3ncc(Br)cc3[nH]2)c1)c1ccc(F)o1. The van der Waals surface area contributed by atoms with Crippen LogP contribution in [-0.2, 0) is 0 Å². The first kappa shape index (κ1) is 16.7. The fourth-order valence-electron chi connectivity index (χ4n) is 2.42. The Hall–Kier alpha value is -2.71. The van der Waals surface area contributed by atoms with Crippen molar-refractivity contribution in [2.24, 2.45) is 0 Å². The van der Waals surface area contributed by atoms with E-state index < -0.39 is 11.9 Å². The molecule has 0 spiro atoms. The van der Waals surface area contributed by atoms with Crippen molar-refractivity contribution in [1.82, 2.24) is 15.0 Å². The van der Waals surface area contributed by atoms with E-state index in [0.717, 1.165) is 16.1 Å². The van der Waals surface area contributed by atoms with E-state index in [9.17, 15) is 9.18 Å². The van der Waals surface area contributed by atoms with Crippen molar-refractivity contribution in [2.45, 2.75) is 0 Å². The van der Waals surface area contributed by atoms with Gasteiger partial charge in [0, 0.05) is 28.0 Å². The van der Waals surface area contributed by atoms with Gasteiger partial charge in [-0.3, -0.25) is 4.79 Å². The number of carbonyl (C=O) groups excluding carboxylic acids is 1. The van der Waals surface area contributed by atoms with Crippen LogP contribution in [0.25, 0.3) is 22.6 Å². The maximum atomic E-state index is 12.9. The molecule has 0 atom stereocenters. The Labute approximate surface area is 159 Å². The fraction of sp³-hybridized carbons (Fsp3) is 0. The van der Waals surface area contributed by atoms with E-state index >= 15 is 0 Å². The average Bonchev–Trinajstić information content (AvgIpc) is 3.22. The van der Waals surface area contributed by atoms with Crippen LogP contribution in [0.5, 0.6) is 0 Å². The molecule has 3 aromatic heterocycles. The maximum Gasteiger partial charge on any atom is 0.291 e. The van der Waals surface area contributed by atoms with E-state index in [-0.39, 0.29) is 5.76 Å². The largest absolute Gasteiger partial charge is 0.426 e. The van der Waals surface area contributed by atoms with Gasteiger partial charge in [-0.15, -0.1) is 0 Å². The lowest BCUT2D eigenvalue weighted by Gasteiger charge is -2.07. The number of rotatable bonds is 3. The summed E-state index contributed by atoms with van der Waals surface area (Å²) in [5, 5.41) is 3.08. The highest BCUT2D eigenvalue weighted by molar-refractivity contribution is 9.10. The predicted molar refractivity (Wildman–Crippen MR) is 98.7 cm³/mol. The molecular weight excluding hydrogens is 427 g/mol. The van der Waals surface area contributed by atoms with E-state index in [1.165, 1.54) is 6.07 Å². The molecule has 26 heavy (non-hydrogen) atoms. The Balaban J connectivity index is 1.68. The number of nitrogens with one attached hydrogen (secondary N) is 2. The third-order valence-electron chi connectivity index (χ3n) is 3.58. The van der Waals surface area contributed by atoms with Gasteiger partial charge in [0.15, 0.2) is 11.4 Å². The highest BCUT2D eigenvalue weighted by Gasteiger charge is 2.14. The molecule has 0 saturated carbocycles. The summed E-state index contributed by atoms with van der Waals surface area (Å²) in [6, 6.07) is 8.27. The third-order valence-corrected chi connectivity index (χ3v) is 4.34. The van der Waals surface area contributed by atoms with Crippen LogP contribution in [0.3, 0.4) is 0 Å². The zero-order chi connectivity index (χ0) is 18.3. The lowest BCUT2D eigenvalue weighted by molar-refractivity contribution is 0.0988. The molecule has 4 aromatic rings. The molecule has 6 nitrogen and oxygen atoms in total. The Morgan fingerprint density at radius 2 is 2.12 bits per heavy atom. The van der Waals surface area contributed by atoms with Crippen LogP contribution >= 0.6 is 27.5 Å². The summed E-state index contributed by atoms with van der Waals surface area (Å²) in [6.07, 6.45) is 1.65. The summed E-state index contributed by atoms with van der Waals surface area (Å²) < 4.78 is 18.4. The highest BCUT2D eigenvalue weighted by atomic mass is 79.9. The number of benzene rings is 1. The molecule has 0 bridgehead atoms. The van der Waals surface area contributed by atoms with Gasteiger partial charge in [-0.25, -0.2) is 9.97 Å². The second-order valence-electron chi connectivity index (χ2n) is 5.36. The zero-order valence-electron chi connectivity index (χ0n) is 12.9. The number of amides is 1.